The molecule has 2 rings (SSSR count). The first kappa shape index (κ1) is 12.3. The number of rotatable bonds is 1. The molecule has 2 nitrogen and oxygen atoms in total. The lowest BCUT2D eigenvalue weighted by atomic mass is 9.70. The Labute approximate surface area is 104 Å². The van der Waals surface area contributed by atoms with Gasteiger partial charge in [-0.3, -0.25) is 4.98 Å². The maximum Gasteiger partial charge on any atom is 0.129 e. The van der Waals surface area contributed by atoms with E-state index in [1.807, 2.05) is 18.2 Å². The maximum absolute atomic E-state index is 10.2. The van der Waals surface area contributed by atoms with Gasteiger partial charge in [-0.05, 0) is 25.0 Å². The lowest BCUT2D eigenvalue weighted by Gasteiger charge is -2.39. The van der Waals surface area contributed by atoms with Gasteiger partial charge in [0.2, 0.25) is 0 Å². The van der Waals surface area contributed by atoms with Gasteiger partial charge in [-0.1, -0.05) is 31.6 Å². The van der Waals surface area contributed by atoms with Crippen molar-refractivity contribution in [3.8, 4) is 11.5 Å². The van der Waals surface area contributed by atoms with Crippen LogP contribution in [0.3, 0.4) is 0 Å². The molecular weight excluding hydrogens is 226 g/mol. The van der Waals surface area contributed by atoms with Crippen molar-refractivity contribution in [2.24, 2.45) is 0 Å². The lowest BCUT2D eigenvalue weighted by Crippen LogP contribution is -2.42. The van der Waals surface area contributed by atoms with Crippen LogP contribution in [0.1, 0.15) is 24.5 Å². The summed E-state index contributed by atoms with van der Waals surface area (Å²) < 4.78 is 0. The van der Waals surface area contributed by atoms with E-state index < -0.39 is 13.7 Å². The molecule has 0 saturated heterocycles. The van der Waals surface area contributed by atoms with E-state index in [-0.39, 0.29) is 0 Å². The molecule has 0 aliphatic heterocycles. The van der Waals surface area contributed by atoms with Crippen LogP contribution in [0.5, 0.6) is 0 Å². The van der Waals surface area contributed by atoms with Gasteiger partial charge in [0, 0.05) is 17.8 Å². The molecular formula is C14H19NOSi. The maximum atomic E-state index is 10.2. The van der Waals surface area contributed by atoms with E-state index in [1.54, 1.807) is 6.20 Å². The molecule has 1 aromatic rings. The second-order valence-electron chi connectivity index (χ2n) is 5.89. The van der Waals surface area contributed by atoms with Crippen LogP contribution >= 0.6 is 0 Å². The van der Waals surface area contributed by atoms with Crippen LogP contribution in [0.4, 0.5) is 0 Å². The summed E-state index contributed by atoms with van der Waals surface area (Å²) in [6.07, 6.45) is 3.25. The minimum Gasteiger partial charge on any atom is -0.378 e. The van der Waals surface area contributed by atoms with E-state index >= 15 is 0 Å². The predicted molar refractivity (Wildman–Crippen MR) is 72.3 cm³/mol. The van der Waals surface area contributed by atoms with Crippen molar-refractivity contribution < 1.29 is 5.11 Å². The van der Waals surface area contributed by atoms with Gasteiger partial charge >= 0.3 is 0 Å². The van der Waals surface area contributed by atoms with Gasteiger partial charge in [-0.15, -0.1) is 5.54 Å². The highest BCUT2D eigenvalue weighted by Crippen LogP contribution is 2.43. The first-order valence-electron chi connectivity index (χ1n) is 6.06. The molecule has 0 unspecified atom stereocenters. The zero-order valence-corrected chi connectivity index (χ0v) is 11.7. The molecule has 0 amide bonds. The van der Waals surface area contributed by atoms with Crippen molar-refractivity contribution in [3.63, 3.8) is 0 Å². The molecule has 1 aliphatic rings. The van der Waals surface area contributed by atoms with Crippen molar-refractivity contribution in [3.05, 3.63) is 30.1 Å². The number of hydrogen-bond acceptors (Lipinski definition) is 2. The highest BCUT2D eigenvalue weighted by atomic mass is 28.3. The molecule has 1 heterocycles. The third kappa shape index (κ3) is 3.18. The average molecular weight is 245 g/mol. The Balaban J connectivity index is 2.00. The number of pyridine rings is 1. The topological polar surface area (TPSA) is 33.1 Å². The second kappa shape index (κ2) is 4.28. The standard InChI is InChI=1S/C14H19NOSi/c1-17(2,3)9-7-14(16)10-12(11-14)13-6-4-5-8-15-13/h4-6,8,12,16H,10-11H2,1-3H3. The van der Waals surface area contributed by atoms with Crippen molar-refractivity contribution in [1.82, 2.24) is 4.98 Å². The van der Waals surface area contributed by atoms with Gasteiger partial charge in [0.15, 0.2) is 0 Å². The van der Waals surface area contributed by atoms with E-state index in [9.17, 15) is 5.11 Å². The van der Waals surface area contributed by atoms with Crippen molar-refractivity contribution in [1.29, 1.82) is 0 Å². The number of aliphatic hydroxyl groups is 1. The van der Waals surface area contributed by atoms with Crippen LogP contribution in [0.2, 0.25) is 19.6 Å². The monoisotopic (exact) mass is 245 g/mol. The van der Waals surface area contributed by atoms with Crippen LogP contribution in [-0.4, -0.2) is 23.8 Å². The quantitative estimate of drug-likeness (QED) is 0.609. The molecule has 0 radical (unpaired) electrons. The predicted octanol–water partition coefficient (Wildman–Crippen LogP) is 2.57. The van der Waals surface area contributed by atoms with E-state index in [4.69, 9.17) is 0 Å². The fourth-order valence-corrected chi connectivity index (χ4v) is 2.60. The van der Waals surface area contributed by atoms with Gasteiger partial charge in [0.25, 0.3) is 0 Å². The summed E-state index contributed by atoms with van der Waals surface area (Å²) in [6.45, 7) is 6.58. The molecule has 1 aromatic heterocycles. The molecule has 3 heteroatoms. The number of aromatic nitrogens is 1. The summed E-state index contributed by atoms with van der Waals surface area (Å²) in [4.78, 5) is 4.32. The lowest BCUT2D eigenvalue weighted by molar-refractivity contribution is 0.00483. The Hall–Kier alpha value is -1.11. The molecule has 0 atom stereocenters. The van der Waals surface area contributed by atoms with Crippen LogP contribution in [-0.2, 0) is 0 Å². The first-order valence-corrected chi connectivity index (χ1v) is 9.56. The van der Waals surface area contributed by atoms with Crippen LogP contribution in [0, 0.1) is 11.5 Å². The summed E-state index contributed by atoms with van der Waals surface area (Å²) in [6, 6.07) is 5.93. The van der Waals surface area contributed by atoms with E-state index in [0.717, 1.165) is 18.5 Å². The first-order chi connectivity index (χ1) is 7.88. The smallest absolute Gasteiger partial charge is 0.129 e. The van der Waals surface area contributed by atoms with Crippen LogP contribution in [0.15, 0.2) is 24.4 Å². The highest BCUT2D eigenvalue weighted by Gasteiger charge is 2.42. The summed E-state index contributed by atoms with van der Waals surface area (Å²) in [5.74, 6) is 3.45. The zero-order valence-electron chi connectivity index (χ0n) is 10.7. The zero-order chi connectivity index (χ0) is 12.5. The largest absolute Gasteiger partial charge is 0.378 e. The average Bonchev–Trinajstić information content (AvgIpc) is 2.23. The second-order valence-corrected chi connectivity index (χ2v) is 10.6. The van der Waals surface area contributed by atoms with Crippen molar-refractivity contribution in [2.75, 3.05) is 0 Å². The summed E-state index contributed by atoms with van der Waals surface area (Å²) in [7, 11) is -1.39. The minimum absolute atomic E-state index is 0.372. The normalized spacial score (nSPS) is 27.9. The molecule has 1 saturated carbocycles. The van der Waals surface area contributed by atoms with Crippen LogP contribution in [0.25, 0.3) is 0 Å². The molecule has 1 N–H and O–H groups in total. The Bertz CT molecular complexity index is 447. The minimum atomic E-state index is -1.39. The van der Waals surface area contributed by atoms with Gasteiger partial charge in [0.05, 0.1) is 0 Å². The molecule has 1 aliphatic carbocycles. The van der Waals surface area contributed by atoms with E-state index in [2.05, 4.69) is 36.1 Å². The van der Waals surface area contributed by atoms with E-state index in [0.29, 0.717) is 5.92 Å². The third-order valence-corrected chi connectivity index (χ3v) is 3.82. The Morgan fingerprint density at radius 2 is 2.06 bits per heavy atom. The van der Waals surface area contributed by atoms with Crippen molar-refractivity contribution >= 4 is 8.07 Å². The molecule has 17 heavy (non-hydrogen) atoms. The number of nitrogens with zero attached hydrogens (tertiary/aromatic N) is 1. The Morgan fingerprint density at radius 1 is 1.35 bits per heavy atom. The fourth-order valence-electron chi connectivity index (χ4n) is 1.99. The highest BCUT2D eigenvalue weighted by molar-refractivity contribution is 6.83. The molecule has 1 fully saturated rings. The molecule has 0 bridgehead atoms. The molecule has 90 valence electrons. The van der Waals surface area contributed by atoms with Gasteiger partial charge < -0.3 is 5.11 Å². The summed E-state index contributed by atoms with van der Waals surface area (Å²) in [5, 5.41) is 10.2. The summed E-state index contributed by atoms with van der Waals surface area (Å²) in [5.41, 5.74) is 3.57. The third-order valence-electron chi connectivity index (χ3n) is 2.94. The van der Waals surface area contributed by atoms with Gasteiger partial charge in [0.1, 0.15) is 13.7 Å². The van der Waals surface area contributed by atoms with Crippen LogP contribution < -0.4 is 0 Å². The number of hydrogen-bond donors (Lipinski definition) is 1. The van der Waals surface area contributed by atoms with Gasteiger partial charge in [-0.25, -0.2) is 0 Å². The van der Waals surface area contributed by atoms with Crippen molar-refractivity contribution in [2.45, 2.75) is 44.0 Å². The van der Waals surface area contributed by atoms with Gasteiger partial charge in [-0.2, -0.15) is 0 Å². The molecule has 0 spiro atoms. The Morgan fingerprint density at radius 3 is 2.59 bits per heavy atom. The fraction of sp³-hybridized carbons (Fsp3) is 0.500. The Kier molecular flexibility index (Phi) is 3.11. The summed E-state index contributed by atoms with van der Waals surface area (Å²) >= 11 is 0. The molecule has 0 aromatic carbocycles. The SMILES string of the molecule is C[Si](C)(C)C#CC1(O)CC(c2ccccn2)C1. The van der Waals surface area contributed by atoms with E-state index in [1.165, 1.54) is 0 Å².